The first-order valence-electron chi connectivity index (χ1n) is 9.48. The Hall–Kier alpha value is -1.35. The van der Waals surface area contributed by atoms with Gasteiger partial charge in [-0.2, -0.15) is 0 Å². The van der Waals surface area contributed by atoms with E-state index in [1.54, 1.807) is 0 Å². The lowest BCUT2D eigenvalue weighted by Gasteiger charge is -2.32. The van der Waals surface area contributed by atoms with Crippen LogP contribution in [0.2, 0.25) is 0 Å². The molecule has 0 aliphatic rings. The average molecular weight is 336 g/mol. The summed E-state index contributed by atoms with van der Waals surface area (Å²) in [7, 11) is 0. The summed E-state index contributed by atoms with van der Waals surface area (Å²) >= 11 is 0. The fourth-order valence-corrected chi connectivity index (χ4v) is 2.97. The third-order valence-corrected chi connectivity index (χ3v) is 4.31. The van der Waals surface area contributed by atoms with Gasteiger partial charge in [0.15, 0.2) is 0 Å². The van der Waals surface area contributed by atoms with Crippen LogP contribution in [0.15, 0.2) is 24.3 Å². The third-order valence-electron chi connectivity index (χ3n) is 4.31. The Labute approximate surface area is 148 Å². The van der Waals surface area contributed by atoms with Crippen molar-refractivity contribution in [3.63, 3.8) is 0 Å². The highest BCUT2D eigenvalue weighted by molar-refractivity contribution is 5.62. The van der Waals surface area contributed by atoms with Crippen molar-refractivity contribution >= 4 is 5.97 Å². The molecule has 0 aliphatic carbocycles. The molecule has 1 aromatic rings. The lowest BCUT2D eigenvalue weighted by Crippen LogP contribution is -2.37. The molecule has 3 heteroatoms. The molecule has 3 N–H and O–H groups in total. The van der Waals surface area contributed by atoms with Crippen LogP contribution < -0.4 is 5.73 Å². The summed E-state index contributed by atoms with van der Waals surface area (Å²) < 4.78 is 0. The predicted molar refractivity (Wildman–Crippen MR) is 103 cm³/mol. The summed E-state index contributed by atoms with van der Waals surface area (Å²) in [6, 6.07) is 8.87. The molecule has 0 fully saturated rings. The molecule has 0 saturated heterocycles. The van der Waals surface area contributed by atoms with E-state index in [0.717, 1.165) is 19.8 Å². The van der Waals surface area contributed by atoms with E-state index in [1.165, 1.54) is 56.1 Å². The molecule has 3 nitrogen and oxygen atoms in total. The molecule has 0 unspecified atom stereocenters. The van der Waals surface area contributed by atoms with E-state index < -0.39 is 5.97 Å². The van der Waals surface area contributed by atoms with Crippen LogP contribution >= 0.6 is 0 Å². The van der Waals surface area contributed by atoms with Gasteiger partial charge in [0.25, 0.3) is 5.97 Å². The van der Waals surface area contributed by atoms with E-state index in [-0.39, 0.29) is 5.54 Å². The van der Waals surface area contributed by atoms with E-state index in [1.807, 2.05) is 0 Å². The molecule has 1 rings (SSSR count). The highest BCUT2D eigenvalue weighted by Crippen LogP contribution is 2.33. The number of nitrogens with two attached hydrogens (primary N) is 1. The highest BCUT2D eigenvalue weighted by Gasteiger charge is 2.27. The lowest BCUT2D eigenvalue weighted by molar-refractivity contribution is -0.134. The maximum atomic E-state index is 9.00. The Morgan fingerprint density at radius 3 is 1.92 bits per heavy atom. The van der Waals surface area contributed by atoms with Crippen LogP contribution in [0.3, 0.4) is 0 Å². The first kappa shape index (κ1) is 22.6. The molecule has 0 atom stereocenters. The van der Waals surface area contributed by atoms with Gasteiger partial charge in [-0.3, -0.25) is 4.79 Å². The van der Waals surface area contributed by atoms with Crippen LogP contribution in [-0.2, 0) is 16.8 Å². The average Bonchev–Trinajstić information content (AvgIpc) is 2.56. The summed E-state index contributed by atoms with van der Waals surface area (Å²) in [5.74, 6) is -0.833. The Balaban J connectivity index is 0.00000118. The van der Waals surface area contributed by atoms with Gasteiger partial charge in [-0.05, 0) is 36.8 Å². The Morgan fingerprint density at radius 1 is 1.00 bits per heavy atom. The largest absolute Gasteiger partial charge is 0.481 e. The molecular weight excluding hydrogens is 298 g/mol. The zero-order valence-corrected chi connectivity index (χ0v) is 16.1. The molecule has 0 saturated carbocycles. The highest BCUT2D eigenvalue weighted by atomic mass is 16.4. The van der Waals surface area contributed by atoms with Gasteiger partial charge in [0.05, 0.1) is 0 Å². The second-order valence-electron chi connectivity index (χ2n) is 6.64. The predicted octanol–water partition coefficient (Wildman–Crippen LogP) is 5.65. The second-order valence-corrected chi connectivity index (χ2v) is 6.64. The molecule has 0 bridgehead atoms. The molecule has 1 aromatic carbocycles. The maximum Gasteiger partial charge on any atom is 0.300 e. The molecule has 0 aromatic heterocycles. The van der Waals surface area contributed by atoms with Crippen molar-refractivity contribution < 1.29 is 9.90 Å². The Morgan fingerprint density at radius 2 is 1.46 bits per heavy atom. The number of hydrogen-bond donors (Lipinski definition) is 2. The monoisotopic (exact) mass is 335 g/mol. The number of carboxylic acids is 1. The molecule has 138 valence electrons. The van der Waals surface area contributed by atoms with Crippen molar-refractivity contribution in [3.8, 4) is 0 Å². The van der Waals surface area contributed by atoms with Gasteiger partial charge >= 0.3 is 0 Å². The van der Waals surface area contributed by atoms with Gasteiger partial charge < -0.3 is 10.8 Å². The summed E-state index contributed by atoms with van der Waals surface area (Å²) in [6.45, 7) is 7.85. The zero-order chi connectivity index (χ0) is 18.4. The van der Waals surface area contributed by atoms with Gasteiger partial charge in [0, 0.05) is 12.5 Å². The number of benzene rings is 1. The first-order chi connectivity index (χ1) is 11.4. The summed E-state index contributed by atoms with van der Waals surface area (Å²) in [5, 5.41) is 7.42. The third kappa shape index (κ3) is 9.07. The van der Waals surface area contributed by atoms with Gasteiger partial charge in [-0.1, -0.05) is 77.1 Å². The minimum absolute atomic E-state index is 0.115. The van der Waals surface area contributed by atoms with Crippen molar-refractivity contribution in [2.75, 3.05) is 0 Å². The van der Waals surface area contributed by atoms with Crippen LogP contribution in [0.25, 0.3) is 0 Å². The molecule has 0 amide bonds. The number of hydrogen-bond acceptors (Lipinski definition) is 2. The van der Waals surface area contributed by atoms with Crippen LogP contribution in [0.4, 0.5) is 0 Å². The van der Waals surface area contributed by atoms with E-state index in [4.69, 9.17) is 15.6 Å². The lowest BCUT2D eigenvalue weighted by atomic mass is 9.78. The Bertz CT molecular complexity index is 445. The number of carbonyl (C=O) groups is 1. The summed E-state index contributed by atoms with van der Waals surface area (Å²) in [5.41, 5.74) is 9.64. The molecule has 0 spiro atoms. The summed E-state index contributed by atoms with van der Waals surface area (Å²) in [4.78, 5) is 9.00. The van der Waals surface area contributed by atoms with Gasteiger partial charge in [-0.15, -0.1) is 0 Å². The van der Waals surface area contributed by atoms with Gasteiger partial charge in [-0.25, -0.2) is 0 Å². The van der Waals surface area contributed by atoms with Crippen LogP contribution in [-0.4, -0.2) is 11.1 Å². The van der Waals surface area contributed by atoms with Gasteiger partial charge in [0.1, 0.15) is 0 Å². The number of carboxylic acid groups (broad SMARTS) is 1. The van der Waals surface area contributed by atoms with Crippen molar-refractivity contribution in [1.82, 2.24) is 0 Å². The van der Waals surface area contributed by atoms with E-state index in [2.05, 4.69) is 45.0 Å². The standard InChI is InChI=1S/C19H33N.C2H4O2/c1-4-7-12-17-13-10-11-14-18(17)19(20,15-8-5-2)16-9-6-3;1-2(3)4/h10-11,13-14H,4-9,12,15-16,20H2,1-3H3;1H3,(H,3,4). The molecule has 24 heavy (non-hydrogen) atoms. The van der Waals surface area contributed by atoms with Crippen molar-refractivity contribution in [3.05, 3.63) is 35.4 Å². The van der Waals surface area contributed by atoms with Crippen LogP contribution in [0.1, 0.15) is 90.2 Å². The van der Waals surface area contributed by atoms with E-state index in [0.29, 0.717) is 0 Å². The Kier molecular flexibility index (Phi) is 12.3. The van der Waals surface area contributed by atoms with Crippen LogP contribution in [0, 0.1) is 0 Å². The van der Waals surface area contributed by atoms with Crippen molar-refractivity contribution in [2.24, 2.45) is 5.73 Å². The SMILES string of the molecule is CC(=O)O.CCCCc1ccccc1C(N)(CCCC)CCCC. The normalized spacial score (nSPS) is 10.9. The fourth-order valence-electron chi connectivity index (χ4n) is 2.97. The smallest absolute Gasteiger partial charge is 0.300 e. The van der Waals surface area contributed by atoms with Crippen molar-refractivity contribution in [1.29, 1.82) is 0 Å². The molecule has 0 heterocycles. The zero-order valence-electron chi connectivity index (χ0n) is 16.1. The minimum Gasteiger partial charge on any atom is -0.481 e. The number of rotatable bonds is 10. The van der Waals surface area contributed by atoms with E-state index in [9.17, 15) is 0 Å². The maximum absolute atomic E-state index is 9.00. The number of aliphatic carboxylic acids is 1. The summed E-state index contributed by atoms with van der Waals surface area (Å²) in [6.07, 6.45) is 10.8. The van der Waals surface area contributed by atoms with Crippen LogP contribution in [0.5, 0.6) is 0 Å². The quantitative estimate of drug-likeness (QED) is 0.580. The van der Waals surface area contributed by atoms with Crippen molar-refractivity contribution in [2.45, 2.75) is 91.0 Å². The van der Waals surface area contributed by atoms with Gasteiger partial charge in [0.2, 0.25) is 0 Å². The topological polar surface area (TPSA) is 63.3 Å². The second kappa shape index (κ2) is 13.0. The minimum atomic E-state index is -0.833. The fraction of sp³-hybridized carbons (Fsp3) is 0.667. The number of unbranched alkanes of at least 4 members (excludes halogenated alkanes) is 3. The molecular formula is C21H37NO2. The number of aryl methyl sites for hydroxylation is 1. The molecule has 0 radical (unpaired) electrons. The first-order valence-corrected chi connectivity index (χ1v) is 9.48. The molecule has 0 aliphatic heterocycles. The van der Waals surface area contributed by atoms with E-state index >= 15 is 0 Å².